The van der Waals surface area contributed by atoms with Gasteiger partial charge in [-0.2, -0.15) is 0 Å². The second-order valence-electron chi connectivity index (χ2n) is 6.75. The van der Waals surface area contributed by atoms with Crippen molar-refractivity contribution < 1.29 is 13.2 Å². The van der Waals surface area contributed by atoms with Gasteiger partial charge in [-0.3, -0.25) is 4.79 Å². The number of rotatable bonds is 9. The largest absolute Gasteiger partial charge is 0.352 e. The highest BCUT2D eigenvalue weighted by Gasteiger charge is 2.30. The van der Waals surface area contributed by atoms with E-state index >= 15 is 0 Å². The Morgan fingerprint density at radius 2 is 2.00 bits per heavy atom. The predicted octanol–water partition coefficient (Wildman–Crippen LogP) is 3.95. The fourth-order valence-corrected chi connectivity index (χ4v) is 5.59. The van der Waals surface area contributed by atoms with Crippen LogP contribution < -0.4 is 10.0 Å². The predicted molar refractivity (Wildman–Crippen MR) is 112 cm³/mol. The molecule has 0 bridgehead atoms. The van der Waals surface area contributed by atoms with Gasteiger partial charge in [-0.05, 0) is 51.2 Å². The first kappa shape index (κ1) is 21.5. The van der Waals surface area contributed by atoms with E-state index in [0.29, 0.717) is 6.54 Å². The Labute approximate surface area is 178 Å². The molecule has 1 aliphatic rings. The number of carbonyl (C=O) groups excluding carboxylic acids is 1. The smallest absolute Gasteiger partial charge is 0.252 e. The zero-order chi connectivity index (χ0) is 20.3. The van der Waals surface area contributed by atoms with Crippen LogP contribution in [0.3, 0.4) is 0 Å². The van der Waals surface area contributed by atoms with Crippen LogP contribution in [0.25, 0.3) is 0 Å². The van der Waals surface area contributed by atoms with Crippen LogP contribution in [0, 0.1) is 6.92 Å². The number of unbranched alkanes of at least 4 members (excludes halogenated alkanes) is 1. The highest BCUT2D eigenvalue weighted by Crippen LogP contribution is 2.30. The number of amides is 1. The van der Waals surface area contributed by atoms with Gasteiger partial charge >= 0.3 is 0 Å². The molecule has 6 nitrogen and oxygen atoms in total. The SMILES string of the molecule is Cc1csc(CCCCNC(=O)c2cc(S(=O)(=O)NC3CC3)c(Cl)cc2Cl)n1. The molecular weight excluding hydrogens is 441 g/mol. The van der Waals surface area contributed by atoms with Crippen molar-refractivity contribution in [3.05, 3.63) is 43.8 Å². The first-order valence-electron chi connectivity index (χ1n) is 8.97. The van der Waals surface area contributed by atoms with Gasteiger partial charge in [0.2, 0.25) is 10.0 Å². The van der Waals surface area contributed by atoms with E-state index in [-0.39, 0.29) is 26.5 Å². The van der Waals surface area contributed by atoms with Crippen LogP contribution in [0.1, 0.15) is 46.7 Å². The lowest BCUT2D eigenvalue weighted by Gasteiger charge is -2.12. The third kappa shape index (κ3) is 5.67. The number of nitrogens with zero attached hydrogens (tertiary/aromatic N) is 1. The number of hydrogen-bond donors (Lipinski definition) is 2. The van der Waals surface area contributed by atoms with Gasteiger partial charge in [0.15, 0.2) is 0 Å². The molecule has 0 spiro atoms. The van der Waals surface area contributed by atoms with E-state index in [1.165, 1.54) is 12.1 Å². The lowest BCUT2D eigenvalue weighted by Crippen LogP contribution is -2.28. The van der Waals surface area contributed by atoms with Crippen molar-refractivity contribution in [3.8, 4) is 0 Å². The van der Waals surface area contributed by atoms with Crippen molar-refractivity contribution in [2.45, 2.75) is 50.0 Å². The second kappa shape index (κ2) is 9.09. The van der Waals surface area contributed by atoms with Crippen molar-refractivity contribution in [2.75, 3.05) is 6.54 Å². The van der Waals surface area contributed by atoms with Crippen LogP contribution in [0.4, 0.5) is 0 Å². The van der Waals surface area contributed by atoms with Gasteiger partial charge in [0.25, 0.3) is 5.91 Å². The molecule has 1 fully saturated rings. The van der Waals surface area contributed by atoms with Crippen molar-refractivity contribution >= 4 is 50.5 Å². The summed E-state index contributed by atoms with van der Waals surface area (Å²) in [5.41, 5.74) is 1.12. The van der Waals surface area contributed by atoms with Crippen molar-refractivity contribution in [3.63, 3.8) is 0 Å². The van der Waals surface area contributed by atoms with E-state index in [9.17, 15) is 13.2 Å². The summed E-state index contributed by atoms with van der Waals surface area (Å²) in [6, 6.07) is 2.48. The maximum absolute atomic E-state index is 12.5. The first-order valence-corrected chi connectivity index (χ1v) is 12.1. The number of benzene rings is 1. The van der Waals surface area contributed by atoms with Crippen molar-refractivity contribution in [1.82, 2.24) is 15.0 Å². The Kier molecular flexibility index (Phi) is 6.98. The fourth-order valence-electron chi connectivity index (χ4n) is 2.61. The molecule has 2 aromatic rings. The summed E-state index contributed by atoms with van der Waals surface area (Å²) in [6.45, 7) is 2.43. The minimum Gasteiger partial charge on any atom is -0.352 e. The zero-order valence-corrected chi connectivity index (χ0v) is 18.4. The normalized spacial score (nSPS) is 14.2. The molecule has 152 valence electrons. The molecular formula is C18H21Cl2N3O3S2. The molecule has 28 heavy (non-hydrogen) atoms. The number of halogens is 2. The summed E-state index contributed by atoms with van der Waals surface area (Å²) < 4.78 is 27.5. The van der Waals surface area contributed by atoms with Gasteiger partial charge in [-0.1, -0.05) is 23.2 Å². The number of aryl methyl sites for hydroxylation is 2. The Balaban J connectivity index is 1.58. The van der Waals surface area contributed by atoms with Crippen molar-refractivity contribution in [2.24, 2.45) is 0 Å². The molecule has 0 saturated heterocycles. The lowest BCUT2D eigenvalue weighted by atomic mass is 10.2. The summed E-state index contributed by atoms with van der Waals surface area (Å²) in [4.78, 5) is 16.7. The van der Waals surface area contributed by atoms with E-state index in [2.05, 4.69) is 15.0 Å². The molecule has 1 saturated carbocycles. The Morgan fingerprint density at radius 1 is 1.25 bits per heavy atom. The monoisotopic (exact) mass is 461 g/mol. The van der Waals surface area contributed by atoms with Crippen LogP contribution in [-0.2, 0) is 16.4 Å². The van der Waals surface area contributed by atoms with Crippen LogP contribution in [0.15, 0.2) is 22.4 Å². The minimum absolute atomic E-state index is 0.00607. The van der Waals surface area contributed by atoms with Crippen molar-refractivity contribution in [1.29, 1.82) is 0 Å². The van der Waals surface area contributed by atoms with Crippen LogP contribution in [0.2, 0.25) is 10.0 Å². The Hall–Kier alpha value is -1.19. The minimum atomic E-state index is -3.78. The third-order valence-electron chi connectivity index (χ3n) is 4.22. The lowest BCUT2D eigenvalue weighted by molar-refractivity contribution is 0.0953. The molecule has 1 aliphatic carbocycles. The molecule has 1 heterocycles. The molecule has 1 aromatic carbocycles. The average molecular weight is 462 g/mol. The van der Waals surface area contributed by atoms with Crippen LogP contribution >= 0.6 is 34.5 Å². The van der Waals surface area contributed by atoms with E-state index in [4.69, 9.17) is 23.2 Å². The summed E-state index contributed by atoms with van der Waals surface area (Å²) in [7, 11) is -3.78. The van der Waals surface area contributed by atoms with Gasteiger partial charge in [-0.25, -0.2) is 18.1 Å². The second-order valence-corrected chi connectivity index (χ2v) is 10.2. The van der Waals surface area contributed by atoms with E-state index in [1.807, 2.05) is 12.3 Å². The van der Waals surface area contributed by atoms with Gasteiger partial charge in [0.1, 0.15) is 4.90 Å². The highest BCUT2D eigenvalue weighted by atomic mass is 35.5. The summed E-state index contributed by atoms with van der Waals surface area (Å²) in [5.74, 6) is -0.422. The molecule has 0 unspecified atom stereocenters. The quantitative estimate of drug-likeness (QED) is 0.553. The van der Waals surface area contributed by atoms with Crippen LogP contribution in [-0.4, -0.2) is 31.9 Å². The maximum Gasteiger partial charge on any atom is 0.252 e. The third-order valence-corrected chi connectivity index (χ3v) is 7.55. The van der Waals surface area contributed by atoms with Gasteiger partial charge in [0.05, 0.1) is 20.6 Å². The van der Waals surface area contributed by atoms with E-state index in [0.717, 1.165) is 42.8 Å². The molecule has 1 amide bonds. The fraction of sp³-hybridized carbons (Fsp3) is 0.444. The summed E-state index contributed by atoms with van der Waals surface area (Å²) >= 11 is 13.8. The number of sulfonamides is 1. The van der Waals surface area contributed by atoms with Gasteiger partial charge in [-0.15, -0.1) is 11.3 Å². The molecule has 0 radical (unpaired) electrons. The number of hydrogen-bond acceptors (Lipinski definition) is 5. The standard InChI is InChI=1S/C18H21Cl2N3O3S2/c1-11-10-27-17(22-11)4-2-3-7-21-18(24)13-8-16(15(20)9-14(13)19)28(25,26)23-12-5-6-12/h8-10,12,23H,2-7H2,1H3,(H,21,24). The number of carbonyl (C=O) groups is 1. The molecule has 3 rings (SSSR count). The first-order chi connectivity index (χ1) is 13.3. The van der Waals surface area contributed by atoms with Gasteiger partial charge in [0, 0.05) is 23.7 Å². The summed E-state index contributed by atoms with van der Waals surface area (Å²) in [5, 5.41) is 6.00. The maximum atomic E-state index is 12.5. The highest BCUT2D eigenvalue weighted by molar-refractivity contribution is 7.89. The molecule has 0 aliphatic heterocycles. The zero-order valence-electron chi connectivity index (χ0n) is 15.3. The number of thiazole rings is 1. The summed E-state index contributed by atoms with van der Waals surface area (Å²) in [6.07, 6.45) is 4.15. The van der Waals surface area contributed by atoms with Crippen LogP contribution in [0.5, 0.6) is 0 Å². The molecule has 0 atom stereocenters. The Bertz CT molecular complexity index is 972. The topological polar surface area (TPSA) is 88.2 Å². The van der Waals surface area contributed by atoms with E-state index < -0.39 is 15.9 Å². The number of nitrogens with one attached hydrogen (secondary N) is 2. The molecule has 10 heteroatoms. The average Bonchev–Trinajstić information content (AvgIpc) is 3.32. The Morgan fingerprint density at radius 3 is 2.64 bits per heavy atom. The molecule has 2 N–H and O–H groups in total. The number of aromatic nitrogens is 1. The van der Waals surface area contributed by atoms with E-state index in [1.54, 1.807) is 11.3 Å². The van der Waals surface area contributed by atoms with Gasteiger partial charge < -0.3 is 5.32 Å². The molecule has 1 aromatic heterocycles.